The second-order valence-corrected chi connectivity index (χ2v) is 6.41. The first-order valence-corrected chi connectivity index (χ1v) is 7.44. The van der Waals surface area contributed by atoms with E-state index in [2.05, 4.69) is 15.9 Å². The van der Waals surface area contributed by atoms with Crippen molar-refractivity contribution in [2.24, 2.45) is 5.92 Å². The SMILES string of the molecule is O=[N+]([O-])c1ccc(CC(Br)CC2CCCC2)cc1. The van der Waals surface area contributed by atoms with Gasteiger partial charge in [0.15, 0.2) is 0 Å². The van der Waals surface area contributed by atoms with Crippen LogP contribution in [0.25, 0.3) is 0 Å². The van der Waals surface area contributed by atoms with E-state index in [-0.39, 0.29) is 10.6 Å². The summed E-state index contributed by atoms with van der Waals surface area (Å²) in [5, 5.41) is 10.6. The molecule has 1 saturated carbocycles. The molecule has 4 heteroatoms. The summed E-state index contributed by atoms with van der Waals surface area (Å²) in [6.45, 7) is 0. The lowest BCUT2D eigenvalue weighted by Gasteiger charge is -2.14. The summed E-state index contributed by atoms with van der Waals surface area (Å²) >= 11 is 3.74. The number of nitro benzene ring substituents is 1. The van der Waals surface area contributed by atoms with Crippen molar-refractivity contribution in [2.75, 3.05) is 0 Å². The van der Waals surface area contributed by atoms with Crippen molar-refractivity contribution in [1.82, 2.24) is 0 Å². The van der Waals surface area contributed by atoms with Crippen LogP contribution in [0, 0.1) is 16.0 Å². The second kappa shape index (κ2) is 6.32. The summed E-state index contributed by atoms with van der Waals surface area (Å²) in [5.41, 5.74) is 1.33. The third-order valence-corrected chi connectivity index (χ3v) is 4.37. The van der Waals surface area contributed by atoms with E-state index >= 15 is 0 Å². The molecule has 0 bridgehead atoms. The molecule has 0 heterocycles. The fourth-order valence-corrected chi connectivity index (χ4v) is 3.60. The number of rotatable bonds is 5. The number of nitrogens with zero attached hydrogens (tertiary/aromatic N) is 1. The summed E-state index contributed by atoms with van der Waals surface area (Å²) in [7, 11) is 0. The number of nitro groups is 1. The van der Waals surface area contributed by atoms with Gasteiger partial charge in [-0.15, -0.1) is 0 Å². The molecule has 2 rings (SSSR count). The van der Waals surface area contributed by atoms with Crippen LogP contribution < -0.4 is 0 Å². The number of alkyl halides is 1. The Bertz CT molecular complexity index is 399. The largest absolute Gasteiger partial charge is 0.269 e. The Morgan fingerprint density at radius 2 is 1.89 bits per heavy atom. The molecule has 0 radical (unpaired) electrons. The second-order valence-electron chi connectivity index (χ2n) is 5.11. The fraction of sp³-hybridized carbons (Fsp3) is 0.571. The van der Waals surface area contributed by atoms with Crippen molar-refractivity contribution in [3.05, 3.63) is 39.9 Å². The molecule has 98 valence electrons. The summed E-state index contributed by atoms with van der Waals surface area (Å²) in [4.78, 5) is 10.7. The van der Waals surface area contributed by atoms with Crippen LogP contribution in [0.1, 0.15) is 37.7 Å². The van der Waals surface area contributed by atoms with Gasteiger partial charge in [-0.3, -0.25) is 10.1 Å². The molecular formula is C14H18BrNO2. The molecule has 0 saturated heterocycles. The van der Waals surface area contributed by atoms with Crippen LogP contribution in [0.2, 0.25) is 0 Å². The minimum atomic E-state index is -0.353. The maximum Gasteiger partial charge on any atom is 0.269 e. The lowest BCUT2D eigenvalue weighted by molar-refractivity contribution is -0.384. The number of hydrogen-bond acceptors (Lipinski definition) is 2. The Morgan fingerprint density at radius 1 is 1.28 bits per heavy atom. The van der Waals surface area contributed by atoms with Gasteiger partial charge in [-0.1, -0.05) is 53.7 Å². The van der Waals surface area contributed by atoms with Crippen LogP contribution >= 0.6 is 15.9 Å². The highest BCUT2D eigenvalue weighted by Gasteiger charge is 2.19. The standard InChI is InChI=1S/C14H18BrNO2/c15-13(9-11-3-1-2-4-11)10-12-5-7-14(8-6-12)16(17)18/h5-8,11,13H,1-4,9-10H2. The van der Waals surface area contributed by atoms with Crippen LogP contribution in [0.4, 0.5) is 5.69 Å². The Labute approximate surface area is 116 Å². The van der Waals surface area contributed by atoms with Gasteiger partial charge >= 0.3 is 0 Å². The van der Waals surface area contributed by atoms with Gasteiger partial charge in [-0.2, -0.15) is 0 Å². The topological polar surface area (TPSA) is 43.1 Å². The first kappa shape index (κ1) is 13.5. The van der Waals surface area contributed by atoms with Gasteiger partial charge in [-0.05, 0) is 24.3 Å². The van der Waals surface area contributed by atoms with Crippen molar-refractivity contribution in [3.63, 3.8) is 0 Å². The maximum atomic E-state index is 10.6. The molecule has 1 atom stereocenters. The van der Waals surface area contributed by atoms with Crippen molar-refractivity contribution in [2.45, 2.75) is 43.4 Å². The monoisotopic (exact) mass is 311 g/mol. The van der Waals surface area contributed by atoms with Crippen molar-refractivity contribution in [1.29, 1.82) is 0 Å². The number of hydrogen-bond donors (Lipinski definition) is 0. The van der Waals surface area contributed by atoms with Crippen molar-refractivity contribution in [3.8, 4) is 0 Å². The van der Waals surface area contributed by atoms with Crippen LogP contribution in [0.5, 0.6) is 0 Å². The highest BCUT2D eigenvalue weighted by molar-refractivity contribution is 9.09. The van der Waals surface area contributed by atoms with E-state index in [4.69, 9.17) is 0 Å². The third kappa shape index (κ3) is 3.80. The van der Waals surface area contributed by atoms with E-state index < -0.39 is 0 Å². The molecule has 1 aromatic rings. The third-order valence-electron chi connectivity index (χ3n) is 3.67. The summed E-state index contributed by atoms with van der Waals surface area (Å²) < 4.78 is 0. The van der Waals surface area contributed by atoms with Crippen molar-refractivity contribution >= 4 is 21.6 Å². The van der Waals surface area contributed by atoms with Crippen LogP contribution in [0.3, 0.4) is 0 Å². The quantitative estimate of drug-likeness (QED) is 0.457. The van der Waals surface area contributed by atoms with Gasteiger partial charge < -0.3 is 0 Å². The Morgan fingerprint density at radius 3 is 2.44 bits per heavy atom. The molecule has 0 aromatic heterocycles. The van der Waals surface area contributed by atoms with Gasteiger partial charge in [-0.25, -0.2) is 0 Å². The zero-order valence-corrected chi connectivity index (χ0v) is 11.9. The smallest absolute Gasteiger partial charge is 0.258 e. The number of benzene rings is 1. The highest BCUT2D eigenvalue weighted by Crippen LogP contribution is 2.31. The first-order chi connectivity index (χ1) is 8.65. The Kier molecular flexibility index (Phi) is 4.75. The Balaban J connectivity index is 1.86. The summed E-state index contributed by atoms with van der Waals surface area (Å²) in [5.74, 6) is 0.868. The molecule has 0 amide bonds. The lowest BCUT2D eigenvalue weighted by Crippen LogP contribution is -2.08. The van der Waals surface area contributed by atoms with E-state index in [9.17, 15) is 10.1 Å². The molecule has 0 N–H and O–H groups in total. The summed E-state index contributed by atoms with van der Waals surface area (Å²) in [6.07, 6.45) is 7.65. The number of halogens is 1. The van der Waals surface area contributed by atoms with Crippen LogP contribution in [0.15, 0.2) is 24.3 Å². The molecule has 3 nitrogen and oxygen atoms in total. The molecule has 1 aliphatic rings. The van der Waals surface area contributed by atoms with Gasteiger partial charge in [0.05, 0.1) is 4.92 Å². The number of non-ortho nitro benzene ring substituents is 1. The molecule has 1 fully saturated rings. The van der Waals surface area contributed by atoms with Crippen LogP contribution in [-0.4, -0.2) is 9.75 Å². The molecule has 18 heavy (non-hydrogen) atoms. The maximum absolute atomic E-state index is 10.6. The van der Waals surface area contributed by atoms with E-state index in [0.717, 1.165) is 12.3 Å². The lowest BCUT2D eigenvalue weighted by atomic mass is 9.98. The molecule has 1 aromatic carbocycles. The zero-order chi connectivity index (χ0) is 13.0. The fourth-order valence-electron chi connectivity index (χ4n) is 2.70. The van der Waals surface area contributed by atoms with Gasteiger partial charge in [0, 0.05) is 17.0 Å². The minimum Gasteiger partial charge on any atom is -0.258 e. The average Bonchev–Trinajstić information content (AvgIpc) is 2.82. The molecule has 0 aliphatic heterocycles. The Hall–Kier alpha value is -0.900. The zero-order valence-electron chi connectivity index (χ0n) is 10.3. The van der Waals surface area contributed by atoms with Crippen LogP contribution in [-0.2, 0) is 6.42 Å². The van der Waals surface area contributed by atoms with Crippen molar-refractivity contribution < 1.29 is 4.92 Å². The minimum absolute atomic E-state index is 0.167. The first-order valence-electron chi connectivity index (χ1n) is 6.52. The predicted octanol–water partition coefficient (Wildman–Crippen LogP) is 4.48. The van der Waals surface area contributed by atoms with Gasteiger partial charge in [0.25, 0.3) is 5.69 Å². The predicted molar refractivity (Wildman–Crippen MR) is 76.1 cm³/mol. The van der Waals surface area contributed by atoms with E-state index in [1.807, 2.05) is 12.1 Å². The van der Waals surface area contributed by atoms with E-state index in [1.54, 1.807) is 12.1 Å². The van der Waals surface area contributed by atoms with Gasteiger partial charge in [0.2, 0.25) is 0 Å². The molecular weight excluding hydrogens is 294 g/mol. The molecule has 1 aliphatic carbocycles. The average molecular weight is 312 g/mol. The molecule has 1 unspecified atom stereocenters. The highest BCUT2D eigenvalue weighted by atomic mass is 79.9. The summed E-state index contributed by atoms with van der Waals surface area (Å²) in [6, 6.07) is 6.90. The van der Waals surface area contributed by atoms with Gasteiger partial charge in [0.1, 0.15) is 0 Å². The van der Waals surface area contributed by atoms with E-state index in [0.29, 0.717) is 4.83 Å². The normalized spacial score (nSPS) is 17.8. The molecule has 0 spiro atoms. The van der Waals surface area contributed by atoms with E-state index in [1.165, 1.54) is 37.7 Å².